The molecule has 6 aliphatic rings. The smallest absolute Gasteiger partial charge is 0.425 e. The van der Waals surface area contributed by atoms with Gasteiger partial charge >= 0.3 is 46.4 Å². The third-order valence-electron chi connectivity index (χ3n) is 11.7. The van der Waals surface area contributed by atoms with Gasteiger partial charge in [-0.25, -0.2) is 0 Å². The molecule has 8 unspecified atom stereocenters. The Bertz CT molecular complexity index is 1460. The summed E-state index contributed by atoms with van der Waals surface area (Å²) >= 11 is 0. The van der Waals surface area contributed by atoms with Crippen LogP contribution in [0.25, 0.3) is 0 Å². The Labute approximate surface area is 366 Å². The molecule has 0 aliphatic heterocycles. The standard InChI is InChI=1S/2C8H14O2.C7H12O3.C7H10O3.C7H12O2.C6H8O3.O3S/c2*1-6-3-4-7(5-6)8(9)10-2;2*1-10-7(9)5-2-3-6(8)4-5;1-9-7(8)6-4-2-3-5-6;7-5-2-1-4(3-5)6(8)9;1-4(2)3/h2*6-7H,3-5H2,1-2H3;5-6,8H,2-4H2,1H3;5H,2-4H2,1H3;6H,2-5H2,1H3;4H,1-3H2,(H,8,9);. The van der Waals surface area contributed by atoms with Crippen LogP contribution in [0, 0.1) is 47.3 Å². The fourth-order valence-corrected chi connectivity index (χ4v) is 8.05. The number of aliphatic hydroxyl groups is 1. The molecule has 0 spiro atoms. The molecule has 0 aromatic heterocycles. The summed E-state index contributed by atoms with van der Waals surface area (Å²) in [6, 6.07) is 0. The van der Waals surface area contributed by atoms with E-state index >= 15 is 0 Å². The molecule has 62 heavy (non-hydrogen) atoms. The Balaban J connectivity index is 0.000000708. The van der Waals surface area contributed by atoms with Gasteiger partial charge in [-0.15, -0.1) is 12.6 Å². The zero-order valence-corrected chi connectivity index (χ0v) is 38.3. The highest BCUT2D eigenvalue weighted by Gasteiger charge is 2.31. The maximum absolute atomic E-state index is 10.9. The number of hydrogen-bond donors (Lipinski definition) is 2. The predicted molar refractivity (Wildman–Crippen MR) is 220 cm³/mol. The number of esters is 5. The molecule has 0 radical (unpaired) electrons. The van der Waals surface area contributed by atoms with Crippen LogP contribution >= 0.6 is 0 Å². The highest BCUT2D eigenvalue weighted by molar-refractivity contribution is 7.59. The van der Waals surface area contributed by atoms with Crippen molar-refractivity contribution in [3.8, 4) is 0 Å². The maximum atomic E-state index is 10.9. The largest absolute Gasteiger partial charge is 0.481 e. The number of aliphatic hydroxyl groups excluding tert-OH is 1. The lowest BCUT2D eigenvalue weighted by Crippen LogP contribution is -2.13. The molecular weight excluding hydrogens is 837 g/mol. The molecule has 0 saturated heterocycles. The van der Waals surface area contributed by atoms with E-state index in [0.29, 0.717) is 50.4 Å². The Morgan fingerprint density at radius 1 is 0.468 bits per heavy atom. The van der Waals surface area contributed by atoms with Crippen molar-refractivity contribution in [2.24, 2.45) is 47.3 Å². The molecule has 6 saturated carbocycles. The number of carboxylic acid groups (broad SMARTS) is 1. The molecule has 6 rings (SSSR count). The molecule has 8 atom stereocenters. The van der Waals surface area contributed by atoms with E-state index in [0.717, 1.165) is 51.4 Å². The number of ether oxygens (including phenoxy) is 5. The van der Waals surface area contributed by atoms with E-state index in [1.54, 1.807) is 0 Å². The Hall–Kier alpha value is -4.26. The van der Waals surface area contributed by atoms with Crippen LogP contribution in [-0.2, 0) is 72.6 Å². The quantitative estimate of drug-likeness (QED) is 0.267. The predicted octanol–water partition coefficient (Wildman–Crippen LogP) is 4.83. The first-order valence-electron chi connectivity index (χ1n) is 21.3. The first kappa shape index (κ1) is 57.7. The number of rotatable bonds is 6. The van der Waals surface area contributed by atoms with Gasteiger partial charge in [0.05, 0.1) is 77.2 Å². The van der Waals surface area contributed by atoms with Crippen molar-refractivity contribution >= 4 is 58.0 Å². The van der Waals surface area contributed by atoms with Gasteiger partial charge in [0.25, 0.3) is 0 Å². The second kappa shape index (κ2) is 32.4. The molecule has 2 N–H and O–H groups in total. The second-order valence-corrected chi connectivity index (χ2v) is 16.9. The van der Waals surface area contributed by atoms with E-state index in [2.05, 4.69) is 37.5 Å². The van der Waals surface area contributed by atoms with Crippen molar-refractivity contribution in [1.29, 1.82) is 0 Å². The van der Waals surface area contributed by atoms with Crippen molar-refractivity contribution in [3.05, 3.63) is 0 Å². The molecule has 0 heterocycles. The van der Waals surface area contributed by atoms with Crippen molar-refractivity contribution in [3.63, 3.8) is 0 Å². The monoisotopic (exact) mass is 906 g/mol. The number of aliphatic carboxylic acids is 1. The molecule has 0 aromatic rings. The number of carboxylic acids is 1. The number of methoxy groups -OCH3 is 5. The van der Waals surface area contributed by atoms with Crippen molar-refractivity contribution in [2.45, 2.75) is 142 Å². The van der Waals surface area contributed by atoms with Crippen LogP contribution < -0.4 is 0 Å². The molecule has 18 nitrogen and oxygen atoms in total. The fraction of sp³-hybridized carbons (Fsp3) is 0.814. The zero-order valence-electron chi connectivity index (χ0n) is 37.5. The fourth-order valence-electron chi connectivity index (χ4n) is 8.05. The van der Waals surface area contributed by atoms with Gasteiger partial charge in [-0.1, -0.05) is 26.7 Å². The van der Waals surface area contributed by atoms with Gasteiger partial charge in [-0.05, 0) is 95.3 Å². The van der Waals surface area contributed by atoms with Crippen LogP contribution in [0.2, 0.25) is 0 Å². The van der Waals surface area contributed by atoms with Gasteiger partial charge in [0.1, 0.15) is 11.6 Å². The summed E-state index contributed by atoms with van der Waals surface area (Å²) < 4.78 is 48.2. The molecule has 0 amide bonds. The van der Waals surface area contributed by atoms with Crippen LogP contribution in [0.15, 0.2) is 0 Å². The van der Waals surface area contributed by atoms with E-state index < -0.39 is 22.5 Å². The van der Waals surface area contributed by atoms with Gasteiger partial charge in [-0.2, -0.15) is 0 Å². The third-order valence-corrected chi connectivity index (χ3v) is 11.7. The van der Waals surface area contributed by atoms with Gasteiger partial charge < -0.3 is 33.9 Å². The first-order chi connectivity index (χ1) is 29.2. The van der Waals surface area contributed by atoms with Gasteiger partial charge in [0.15, 0.2) is 0 Å². The van der Waals surface area contributed by atoms with Crippen molar-refractivity contribution < 1.29 is 84.9 Å². The number of carbonyl (C=O) groups excluding carboxylic acids is 7. The Kier molecular flexibility index (Phi) is 30.2. The summed E-state index contributed by atoms with van der Waals surface area (Å²) in [6.45, 7) is 4.37. The molecule has 0 aromatic carbocycles. The van der Waals surface area contributed by atoms with Crippen LogP contribution in [0.4, 0.5) is 0 Å². The number of Topliss-reactive ketones (excluding diaryl/α,β-unsaturated/α-hetero) is 2. The van der Waals surface area contributed by atoms with Gasteiger partial charge in [0, 0.05) is 25.7 Å². The van der Waals surface area contributed by atoms with E-state index in [1.807, 2.05) is 0 Å². The Morgan fingerprint density at radius 2 is 0.790 bits per heavy atom. The second-order valence-electron chi connectivity index (χ2n) is 16.5. The Morgan fingerprint density at radius 3 is 1.05 bits per heavy atom. The van der Waals surface area contributed by atoms with Crippen molar-refractivity contribution in [1.82, 2.24) is 0 Å². The summed E-state index contributed by atoms with van der Waals surface area (Å²) in [5.74, 6) is 0.362. The normalized spacial score (nSPS) is 26.8. The summed E-state index contributed by atoms with van der Waals surface area (Å²) in [6.07, 6.45) is 15.5. The van der Waals surface area contributed by atoms with Crippen LogP contribution in [0.3, 0.4) is 0 Å². The molecule has 19 heteroatoms. The molecule has 356 valence electrons. The summed E-state index contributed by atoms with van der Waals surface area (Å²) in [5, 5.41) is 17.4. The van der Waals surface area contributed by atoms with Crippen LogP contribution in [-0.4, -0.2) is 112 Å². The SMILES string of the molecule is COC(=O)C1CCC(=O)C1.COC(=O)C1CCC(C)C1.COC(=O)C1CCC(C)C1.COC(=O)C1CCC(O)C1.COC(=O)C1CCCC1.O=C1CCC(C(=O)O)C1.O=S(=O)=O. The zero-order chi connectivity index (χ0) is 47.4. The lowest BCUT2D eigenvalue weighted by atomic mass is 10.1. The average Bonchev–Trinajstić information content (AvgIpc) is 4.11. The van der Waals surface area contributed by atoms with E-state index in [9.17, 15) is 38.4 Å². The van der Waals surface area contributed by atoms with E-state index in [4.69, 9.17) is 22.8 Å². The van der Waals surface area contributed by atoms with E-state index in [1.165, 1.54) is 61.2 Å². The molecular formula is C43H70O18S. The topological polar surface area (TPSA) is 274 Å². The third kappa shape index (κ3) is 25.0. The molecule has 0 bridgehead atoms. The number of carbonyl (C=O) groups is 8. The minimum absolute atomic E-state index is 0.0208. The minimum atomic E-state index is -3.11. The number of hydrogen-bond acceptors (Lipinski definition) is 17. The summed E-state index contributed by atoms with van der Waals surface area (Å²) in [5.41, 5.74) is 0. The summed E-state index contributed by atoms with van der Waals surface area (Å²) in [7, 11) is 4.01. The van der Waals surface area contributed by atoms with E-state index in [-0.39, 0.29) is 83.5 Å². The lowest BCUT2D eigenvalue weighted by Gasteiger charge is -2.04. The molecule has 6 aliphatic carbocycles. The molecule has 6 fully saturated rings. The summed E-state index contributed by atoms with van der Waals surface area (Å²) in [4.78, 5) is 85.6. The van der Waals surface area contributed by atoms with Crippen LogP contribution in [0.5, 0.6) is 0 Å². The average molecular weight is 907 g/mol. The van der Waals surface area contributed by atoms with Gasteiger partial charge in [-0.3, -0.25) is 38.4 Å². The van der Waals surface area contributed by atoms with Crippen LogP contribution in [0.1, 0.15) is 136 Å². The van der Waals surface area contributed by atoms with Gasteiger partial charge in [0.2, 0.25) is 0 Å². The maximum Gasteiger partial charge on any atom is 0.425 e. The lowest BCUT2D eigenvalue weighted by molar-refractivity contribution is -0.146. The van der Waals surface area contributed by atoms with Crippen molar-refractivity contribution in [2.75, 3.05) is 35.5 Å². The highest BCUT2D eigenvalue weighted by atomic mass is 32.2. The first-order valence-corrected chi connectivity index (χ1v) is 22.3. The highest BCUT2D eigenvalue weighted by Crippen LogP contribution is 2.32. The minimum Gasteiger partial charge on any atom is -0.481 e. The number of ketones is 2.